The summed E-state index contributed by atoms with van der Waals surface area (Å²) >= 11 is 0. The SMILES string of the molecule is c1cnc2c(c1)ccc1cccc(-c3c4ccccc4c(-c4cccc5ccc6cccnc6c45)c4ccccc34)c12. The van der Waals surface area contributed by atoms with E-state index in [4.69, 9.17) is 9.97 Å². The van der Waals surface area contributed by atoms with Crippen LogP contribution < -0.4 is 0 Å². The molecule has 0 atom stereocenters. The Kier molecular flexibility index (Phi) is 4.93. The van der Waals surface area contributed by atoms with Crippen molar-refractivity contribution in [2.24, 2.45) is 0 Å². The second kappa shape index (κ2) is 8.95. The van der Waals surface area contributed by atoms with Crippen LogP contribution in [-0.2, 0) is 0 Å². The first kappa shape index (κ1) is 23.1. The van der Waals surface area contributed by atoms with Gasteiger partial charge in [0.25, 0.3) is 0 Å². The van der Waals surface area contributed by atoms with Gasteiger partial charge in [-0.15, -0.1) is 0 Å². The van der Waals surface area contributed by atoms with Crippen LogP contribution in [-0.4, -0.2) is 9.97 Å². The highest BCUT2D eigenvalue weighted by Crippen LogP contribution is 2.47. The lowest BCUT2D eigenvalue weighted by atomic mass is 9.83. The number of hydrogen-bond donors (Lipinski definition) is 0. The Morgan fingerprint density at radius 2 is 0.690 bits per heavy atom. The number of rotatable bonds is 2. The molecular formula is C40H24N2. The Morgan fingerprint density at radius 3 is 1.12 bits per heavy atom. The molecular weight excluding hydrogens is 508 g/mol. The molecule has 0 spiro atoms. The molecule has 0 amide bonds. The van der Waals surface area contributed by atoms with Crippen LogP contribution in [0.5, 0.6) is 0 Å². The van der Waals surface area contributed by atoms with Crippen LogP contribution in [0.3, 0.4) is 0 Å². The molecule has 2 aromatic heterocycles. The monoisotopic (exact) mass is 532 g/mol. The van der Waals surface area contributed by atoms with Gasteiger partial charge >= 0.3 is 0 Å². The first-order valence-corrected chi connectivity index (χ1v) is 14.3. The minimum absolute atomic E-state index is 1.04. The molecule has 0 aliphatic rings. The molecule has 2 heterocycles. The fourth-order valence-electron chi connectivity index (χ4n) is 6.95. The number of benzene rings is 7. The zero-order valence-electron chi connectivity index (χ0n) is 22.8. The Balaban J connectivity index is 1.49. The van der Waals surface area contributed by atoms with Crippen molar-refractivity contribution in [3.8, 4) is 22.3 Å². The molecule has 2 heteroatoms. The van der Waals surface area contributed by atoms with Gasteiger partial charge in [-0.1, -0.05) is 121 Å². The van der Waals surface area contributed by atoms with Crippen molar-refractivity contribution in [3.05, 3.63) is 146 Å². The molecule has 0 aliphatic heterocycles. The summed E-state index contributed by atoms with van der Waals surface area (Å²) < 4.78 is 0. The van der Waals surface area contributed by atoms with E-state index in [9.17, 15) is 0 Å². The van der Waals surface area contributed by atoms with E-state index < -0.39 is 0 Å². The van der Waals surface area contributed by atoms with Gasteiger partial charge in [0.1, 0.15) is 0 Å². The maximum Gasteiger partial charge on any atom is 0.0786 e. The van der Waals surface area contributed by atoms with E-state index >= 15 is 0 Å². The molecule has 0 unspecified atom stereocenters. The average molecular weight is 533 g/mol. The number of nitrogens with zero attached hydrogens (tertiary/aromatic N) is 2. The number of fused-ring (bicyclic) bond motifs is 8. The molecule has 0 saturated heterocycles. The average Bonchev–Trinajstić information content (AvgIpc) is 3.06. The predicted molar refractivity (Wildman–Crippen MR) is 178 cm³/mol. The zero-order chi connectivity index (χ0) is 27.6. The lowest BCUT2D eigenvalue weighted by Crippen LogP contribution is -1.93. The number of aromatic nitrogens is 2. The summed E-state index contributed by atoms with van der Waals surface area (Å²) in [7, 11) is 0. The topological polar surface area (TPSA) is 25.8 Å². The maximum atomic E-state index is 4.88. The lowest BCUT2D eigenvalue weighted by Gasteiger charge is -2.20. The molecule has 9 rings (SSSR count). The Morgan fingerprint density at radius 1 is 0.310 bits per heavy atom. The first-order valence-electron chi connectivity index (χ1n) is 14.3. The van der Waals surface area contributed by atoms with Gasteiger partial charge < -0.3 is 0 Å². The van der Waals surface area contributed by atoms with Crippen LogP contribution >= 0.6 is 0 Å². The molecule has 42 heavy (non-hydrogen) atoms. The minimum Gasteiger partial charge on any atom is -0.256 e. The molecule has 9 aromatic rings. The highest BCUT2D eigenvalue weighted by atomic mass is 14.7. The highest BCUT2D eigenvalue weighted by molar-refractivity contribution is 6.28. The largest absolute Gasteiger partial charge is 0.256 e. The summed E-state index contributed by atoms with van der Waals surface area (Å²) in [6.45, 7) is 0. The third-order valence-corrected chi connectivity index (χ3v) is 8.70. The van der Waals surface area contributed by atoms with Crippen LogP contribution in [0.2, 0.25) is 0 Å². The molecule has 0 radical (unpaired) electrons. The summed E-state index contributed by atoms with van der Waals surface area (Å²) in [6, 6.07) is 48.1. The first-order chi connectivity index (χ1) is 20.9. The van der Waals surface area contributed by atoms with Crippen molar-refractivity contribution in [1.29, 1.82) is 0 Å². The van der Waals surface area contributed by atoms with E-state index in [1.165, 1.54) is 65.3 Å². The maximum absolute atomic E-state index is 4.88. The van der Waals surface area contributed by atoms with Crippen molar-refractivity contribution >= 4 is 64.9 Å². The molecule has 194 valence electrons. The van der Waals surface area contributed by atoms with E-state index in [1.54, 1.807) is 0 Å². The number of hydrogen-bond acceptors (Lipinski definition) is 2. The fraction of sp³-hybridized carbons (Fsp3) is 0. The minimum atomic E-state index is 1.04. The van der Waals surface area contributed by atoms with Crippen molar-refractivity contribution in [2.45, 2.75) is 0 Å². The lowest BCUT2D eigenvalue weighted by molar-refractivity contribution is 1.43. The summed E-state index contributed by atoms with van der Waals surface area (Å²) in [6.07, 6.45) is 3.80. The zero-order valence-corrected chi connectivity index (χ0v) is 22.8. The van der Waals surface area contributed by atoms with Gasteiger partial charge in [-0.05, 0) is 66.7 Å². The van der Waals surface area contributed by atoms with E-state index in [-0.39, 0.29) is 0 Å². The molecule has 0 fully saturated rings. The fourth-order valence-corrected chi connectivity index (χ4v) is 6.95. The van der Waals surface area contributed by atoms with Gasteiger partial charge in [-0.2, -0.15) is 0 Å². The summed E-state index contributed by atoms with van der Waals surface area (Å²) in [5, 5.41) is 12.0. The summed E-state index contributed by atoms with van der Waals surface area (Å²) in [4.78, 5) is 9.75. The molecule has 0 N–H and O–H groups in total. The standard InChI is InChI=1S/C40H24N2/c1-2-14-30-29(13-1)37(33-17-5-9-25-19-21-27-11-7-23-41-39(27)35(25)33)31-15-3-4-16-32(31)38(30)34-18-6-10-26-20-22-28-12-8-24-42-40(28)36(26)34/h1-24H. The van der Waals surface area contributed by atoms with Gasteiger partial charge in [-0.25, -0.2) is 0 Å². The van der Waals surface area contributed by atoms with Gasteiger partial charge in [0.15, 0.2) is 0 Å². The summed E-state index contributed by atoms with van der Waals surface area (Å²) in [5.74, 6) is 0. The second-order valence-electron chi connectivity index (χ2n) is 10.9. The van der Waals surface area contributed by atoms with Crippen LogP contribution in [0.4, 0.5) is 0 Å². The van der Waals surface area contributed by atoms with Crippen LogP contribution in [0.15, 0.2) is 146 Å². The normalized spacial score (nSPS) is 11.8. The molecule has 0 bridgehead atoms. The van der Waals surface area contributed by atoms with Crippen LogP contribution in [0.1, 0.15) is 0 Å². The number of pyridine rings is 2. The smallest absolute Gasteiger partial charge is 0.0786 e. The molecule has 0 aliphatic carbocycles. The summed E-state index contributed by atoms with van der Waals surface area (Å²) in [5.41, 5.74) is 6.99. The highest BCUT2D eigenvalue weighted by Gasteiger charge is 2.20. The van der Waals surface area contributed by atoms with E-state index in [2.05, 4.69) is 121 Å². The third-order valence-electron chi connectivity index (χ3n) is 8.70. The molecule has 2 nitrogen and oxygen atoms in total. The molecule has 0 saturated carbocycles. The van der Waals surface area contributed by atoms with Gasteiger partial charge in [0.05, 0.1) is 11.0 Å². The van der Waals surface area contributed by atoms with Gasteiger partial charge in [-0.3, -0.25) is 9.97 Å². The van der Waals surface area contributed by atoms with Crippen LogP contribution in [0, 0.1) is 0 Å². The third kappa shape index (κ3) is 3.27. The van der Waals surface area contributed by atoms with Gasteiger partial charge in [0.2, 0.25) is 0 Å². The van der Waals surface area contributed by atoms with E-state index in [0.717, 1.165) is 21.8 Å². The van der Waals surface area contributed by atoms with E-state index in [1.807, 2.05) is 24.5 Å². The van der Waals surface area contributed by atoms with Crippen molar-refractivity contribution in [2.75, 3.05) is 0 Å². The van der Waals surface area contributed by atoms with Crippen LogP contribution in [0.25, 0.3) is 87.1 Å². The second-order valence-corrected chi connectivity index (χ2v) is 10.9. The van der Waals surface area contributed by atoms with Crippen molar-refractivity contribution in [1.82, 2.24) is 9.97 Å². The van der Waals surface area contributed by atoms with Crippen molar-refractivity contribution in [3.63, 3.8) is 0 Å². The van der Waals surface area contributed by atoms with Gasteiger partial charge in [0, 0.05) is 33.9 Å². The Hall–Kier alpha value is -5.60. The molecule has 7 aromatic carbocycles. The predicted octanol–water partition coefficient (Wildman–Crippen LogP) is 10.7. The quantitative estimate of drug-likeness (QED) is 0.163. The Bertz CT molecular complexity index is 2290. The van der Waals surface area contributed by atoms with Crippen molar-refractivity contribution < 1.29 is 0 Å². The van der Waals surface area contributed by atoms with E-state index in [0.29, 0.717) is 0 Å². The Labute approximate surface area is 242 Å².